The van der Waals surface area contributed by atoms with Gasteiger partial charge in [-0.15, -0.1) is 11.3 Å². The zero-order valence-corrected chi connectivity index (χ0v) is 18.1. The molecule has 2 aromatic carbocycles. The molecule has 0 aliphatic carbocycles. The van der Waals surface area contributed by atoms with Crippen molar-refractivity contribution in [2.24, 2.45) is 0 Å². The average Bonchev–Trinajstić information content (AvgIpc) is 3.16. The minimum Gasteiger partial charge on any atom is -0.495 e. The number of hydrogen-bond donors (Lipinski definition) is 1. The van der Waals surface area contributed by atoms with E-state index in [1.807, 2.05) is 0 Å². The summed E-state index contributed by atoms with van der Waals surface area (Å²) >= 11 is 4.59. The fourth-order valence-corrected chi connectivity index (χ4v) is 3.87. The molecule has 0 aliphatic rings. The summed E-state index contributed by atoms with van der Waals surface area (Å²) in [6.45, 7) is 1.68. The van der Waals surface area contributed by atoms with Crippen molar-refractivity contribution in [1.82, 2.24) is 4.98 Å². The fraction of sp³-hybridized carbons (Fsp3) is 0.158. The number of nitrogens with zero attached hydrogens (tertiary/aromatic N) is 2. The molecule has 3 rings (SSSR count). The third-order valence-corrected chi connectivity index (χ3v) is 5.67. The number of anilines is 1. The monoisotopic (exact) mass is 477 g/mol. The smallest absolute Gasteiger partial charge is 0.272 e. The molecular formula is C19H16BrN3O5S. The van der Waals surface area contributed by atoms with Gasteiger partial charge in [0.15, 0.2) is 5.13 Å². The summed E-state index contributed by atoms with van der Waals surface area (Å²) in [7, 11) is 2.99. The molecule has 150 valence electrons. The second-order valence-electron chi connectivity index (χ2n) is 5.95. The van der Waals surface area contributed by atoms with Crippen molar-refractivity contribution in [3.8, 4) is 22.8 Å². The maximum absolute atomic E-state index is 12.6. The van der Waals surface area contributed by atoms with Gasteiger partial charge in [0.2, 0.25) is 0 Å². The Hall–Kier alpha value is -2.98. The van der Waals surface area contributed by atoms with Gasteiger partial charge in [0, 0.05) is 28.1 Å². The standard InChI is InChI=1S/C19H16BrN3O5S/c1-10-4-5-11(6-14(10)23(25)26)13-9-29-19(21-13)22-18(24)12-7-15(27-2)17(20)16(8-12)28-3/h4-9H,1-3H3,(H,21,22,24). The first kappa shape index (κ1) is 20.7. The lowest BCUT2D eigenvalue weighted by molar-refractivity contribution is -0.385. The van der Waals surface area contributed by atoms with E-state index < -0.39 is 4.92 Å². The van der Waals surface area contributed by atoms with Gasteiger partial charge in [0.1, 0.15) is 16.0 Å². The molecule has 0 atom stereocenters. The second-order valence-corrected chi connectivity index (χ2v) is 7.60. The summed E-state index contributed by atoms with van der Waals surface area (Å²) in [5, 5.41) is 16.0. The molecule has 29 heavy (non-hydrogen) atoms. The fourth-order valence-electron chi connectivity index (χ4n) is 2.60. The predicted octanol–water partition coefficient (Wildman–Crippen LogP) is 5.06. The van der Waals surface area contributed by atoms with Gasteiger partial charge in [0.25, 0.3) is 11.6 Å². The van der Waals surface area contributed by atoms with Crippen molar-refractivity contribution in [2.45, 2.75) is 6.92 Å². The lowest BCUT2D eigenvalue weighted by Crippen LogP contribution is -2.12. The largest absolute Gasteiger partial charge is 0.495 e. The van der Waals surface area contributed by atoms with Gasteiger partial charge in [-0.1, -0.05) is 12.1 Å². The number of aryl methyl sites for hydroxylation is 1. The molecule has 0 radical (unpaired) electrons. The van der Waals surface area contributed by atoms with E-state index in [1.54, 1.807) is 36.6 Å². The van der Waals surface area contributed by atoms with E-state index >= 15 is 0 Å². The number of carbonyl (C=O) groups is 1. The number of nitro benzene ring substituents is 1. The Balaban J connectivity index is 1.85. The van der Waals surface area contributed by atoms with Gasteiger partial charge in [-0.3, -0.25) is 20.2 Å². The highest BCUT2D eigenvalue weighted by molar-refractivity contribution is 9.10. The number of rotatable bonds is 6. The lowest BCUT2D eigenvalue weighted by Gasteiger charge is -2.11. The molecule has 0 saturated carbocycles. The van der Waals surface area contributed by atoms with Gasteiger partial charge >= 0.3 is 0 Å². The topological polar surface area (TPSA) is 104 Å². The quantitative estimate of drug-likeness (QED) is 0.393. The molecule has 0 spiro atoms. The Morgan fingerprint density at radius 2 is 1.86 bits per heavy atom. The SMILES string of the molecule is COc1cc(C(=O)Nc2nc(-c3ccc(C)c([N+](=O)[O-])c3)cs2)cc(OC)c1Br. The molecule has 0 bridgehead atoms. The van der Waals surface area contributed by atoms with Crippen LogP contribution in [0.5, 0.6) is 11.5 Å². The Kier molecular flexibility index (Phi) is 6.14. The Bertz CT molecular complexity index is 1070. The van der Waals surface area contributed by atoms with Crippen LogP contribution in [0.25, 0.3) is 11.3 Å². The number of nitrogens with one attached hydrogen (secondary N) is 1. The molecule has 1 N–H and O–H groups in total. The van der Waals surface area contributed by atoms with Gasteiger partial charge in [-0.25, -0.2) is 4.98 Å². The van der Waals surface area contributed by atoms with Crippen molar-refractivity contribution in [3.63, 3.8) is 0 Å². The number of benzene rings is 2. The van der Waals surface area contributed by atoms with Gasteiger partial charge in [-0.2, -0.15) is 0 Å². The van der Waals surface area contributed by atoms with Crippen molar-refractivity contribution >= 4 is 44.0 Å². The molecule has 0 saturated heterocycles. The summed E-state index contributed by atoms with van der Waals surface area (Å²) in [4.78, 5) is 27.7. The van der Waals surface area contributed by atoms with Crippen LogP contribution in [0.1, 0.15) is 15.9 Å². The van der Waals surface area contributed by atoms with Crippen LogP contribution < -0.4 is 14.8 Å². The molecule has 10 heteroatoms. The lowest BCUT2D eigenvalue weighted by atomic mass is 10.1. The molecule has 1 heterocycles. The summed E-state index contributed by atoms with van der Waals surface area (Å²) in [6, 6.07) is 8.07. The molecular weight excluding hydrogens is 462 g/mol. The summed E-state index contributed by atoms with van der Waals surface area (Å²) in [5.41, 5.74) is 2.07. The van der Waals surface area contributed by atoms with E-state index in [0.29, 0.717) is 43.5 Å². The molecule has 0 fully saturated rings. The number of nitro groups is 1. The molecule has 1 aromatic heterocycles. The van der Waals surface area contributed by atoms with E-state index in [9.17, 15) is 14.9 Å². The van der Waals surface area contributed by atoms with Gasteiger partial charge in [0.05, 0.1) is 24.8 Å². The number of hydrogen-bond acceptors (Lipinski definition) is 7. The number of ether oxygens (including phenoxy) is 2. The highest BCUT2D eigenvalue weighted by atomic mass is 79.9. The summed E-state index contributed by atoms with van der Waals surface area (Å²) in [6.07, 6.45) is 0. The van der Waals surface area contributed by atoms with E-state index in [-0.39, 0.29) is 11.6 Å². The zero-order chi connectivity index (χ0) is 21.1. The van der Waals surface area contributed by atoms with E-state index in [0.717, 1.165) is 0 Å². The normalized spacial score (nSPS) is 10.5. The number of carbonyl (C=O) groups excluding carboxylic acids is 1. The Morgan fingerprint density at radius 1 is 1.21 bits per heavy atom. The van der Waals surface area contributed by atoms with E-state index in [1.165, 1.54) is 31.6 Å². The number of thiazole rings is 1. The first-order valence-electron chi connectivity index (χ1n) is 8.28. The van der Waals surface area contributed by atoms with Crippen LogP contribution in [0.15, 0.2) is 40.2 Å². The van der Waals surface area contributed by atoms with Crippen molar-refractivity contribution in [3.05, 3.63) is 61.4 Å². The number of amides is 1. The zero-order valence-electron chi connectivity index (χ0n) is 15.7. The maximum atomic E-state index is 12.6. The highest BCUT2D eigenvalue weighted by Crippen LogP contribution is 2.36. The molecule has 1 amide bonds. The number of halogens is 1. The third-order valence-electron chi connectivity index (χ3n) is 4.13. The highest BCUT2D eigenvalue weighted by Gasteiger charge is 2.17. The van der Waals surface area contributed by atoms with Crippen molar-refractivity contribution in [2.75, 3.05) is 19.5 Å². The van der Waals surface area contributed by atoms with E-state index in [2.05, 4.69) is 26.2 Å². The first-order chi connectivity index (χ1) is 13.8. The minimum absolute atomic E-state index is 0.0233. The third kappa shape index (κ3) is 4.38. The van der Waals surface area contributed by atoms with Crippen molar-refractivity contribution < 1.29 is 19.2 Å². The molecule has 0 aliphatic heterocycles. The maximum Gasteiger partial charge on any atom is 0.272 e. The molecule has 8 nitrogen and oxygen atoms in total. The van der Waals surface area contributed by atoms with Gasteiger partial charge in [-0.05, 0) is 35.0 Å². The van der Waals surface area contributed by atoms with Gasteiger partial charge < -0.3 is 9.47 Å². The van der Waals surface area contributed by atoms with Crippen molar-refractivity contribution in [1.29, 1.82) is 0 Å². The average molecular weight is 478 g/mol. The van der Waals surface area contributed by atoms with Crippen LogP contribution in [-0.2, 0) is 0 Å². The predicted molar refractivity (Wildman–Crippen MR) is 114 cm³/mol. The van der Waals surface area contributed by atoms with Crippen LogP contribution in [0.2, 0.25) is 0 Å². The minimum atomic E-state index is -0.428. The second kappa shape index (κ2) is 8.58. The van der Waals surface area contributed by atoms with Crippen LogP contribution in [0.4, 0.5) is 10.8 Å². The summed E-state index contributed by atoms with van der Waals surface area (Å²) < 4.78 is 11.1. The molecule has 0 unspecified atom stereocenters. The first-order valence-corrected chi connectivity index (χ1v) is 9.95. The van der Waals surface area contributed by atoms with E-state index in [4.69, 9.17) is 9.47 Å². The van der Waals surface area contributed by atoms with Crippen LogP contribution >= 0.6 is 27.3 Å². The number of aromatic nitrogens is 1. The molecule has 3 aromatic rings. The van der Waals surface area contributed by atoms with Crippen LogP contribution in [0.3, 0.4) is 0 Å². The van der Waals surface area contributed by atoms with Crippen LogP contribution in [0, 0.1) is 17.0 Å². The number of methoxy groups -OCH3 is 2. The Morgan fingerprint density at radius 3 is 2.45 bits per heavy atom. The van der Waals surface area contributed by atoms with Crippen LogP contribution in [-0.4, -0.2) is 30.0 Å². The Labute approximate surface area is 178 Å². The summed E-state index contributed by atoms with van der Waals surface area (Å²) in [5.74, 6) is 0.535.